The van der Waals surface area contributed by atoms with Crippen molar-refractivity contribution in [3.8, 4) is 6.07 Å². The highest BCUT2D eigenvalue weighted by molar-refractivity contribution is 5.93. The third kappa shape index (κ3) is 6.42. The summed E-state index contributed by atoms with van der Waals surface area (Å²) >= 11 is 0. The number of alkyl halides is 3. The molecule has 0 saturated carbocycles. The molecule has 16 heavy (non-hydrogen) atoms. The van der Waals surface area contributed by atoms with Gasteiger partial charge >= 0.3 is 18.1 Å². The summed E-state index contributed by atoms with van der Waals surface area (Å²) in [4.78, 5) is 21.3. The quantitative estimate of drug-likeness (QED) is 0.409. The maximum Gasteiger partial charge on any atom is 0.422 e. The zero-order valence-corrected chi connectivity index (χ0v) is 7.84. The maximum atomic E-state index is 11.6. The molecule has 0 spiro atoms. The molecule has 0 aliphatic rings. The van der Waals surface area contributed by atoms with Crippen molar-refractivity contribution >= 4 is 11.9 Å². The molecule has 0 aromatic rings. The molecule has 0 bridgehead atoms. The first-order valence-electron chi connectivity index (χ1n) is 3.75. The maximum absolute atomic E-state index is 11.6. The molecular formula is C8H6F3NO4. The molecule has 0 rings (SSSR count). The van der Waals surface area contributed by atoms with Crippen LogP contribution in [-0.4, -0.2) is 31.3 Å². The van der Waals surface area contributed by atoms with Crippen LogP contribution >= 0.6 is 0 Å². The van der Waals surface area contributed by atoms with Crippen LogP contribution in [0.2, 0.25) is 0 Å². The summed E-state index contributed by atoms with van der Waals surface area (Å²) in [5.41, 5.74) is -0.566. The number of hydrogen-bond acceptors (Lipinski definition) is 5. The Bertz CT molecular complexity index is 342. The number of nitrogens with zero attached hydrogens (tertiary/aromatic N) is 1. The van der Waals surface area contributed by atoms with E-state index in [0.717, 1.165) is 0 Å². The molecule has 5 nitrogen and oxygen atoms in total. The Hall–Kier alpha value is -2.04. The number of carbonyl (C=O) groups excluding carboxylic acids is 2. The molecule has 0 aliphatic carbocycles. The molecule has 0 unspecified atom stereocenters. The molecule has 8 heteroatoms. The van der Waals surface area contributed by atoms with Gasteiger partial charge in [-0.25, -0.2) is 9.59 Å². The van der Waals surface area contributed by atoms with Crippen LogP contribution in [0.15, 0.2) is 12.2 Å². The van der Waals surface area contributed by atoms with Gasteiger partial charge in [-0.3, -0.25) is 0 Å². The molecule has 0 aromatic heterocycles. The topological polar surface area (TPSA) is 76.4 Å². The van der Waals surface area contributed by atoms with E-state index in [-0.39, 0.29) is 0 Å². The first-order chi connectivity index (χ1) is 7.26. The summed E-state index contributed by atoms with van der Waals surface area (Å²) in [7, 11) is 0. The second-order valence-electron chi connectivity index (χ2n) is 2.44. The van der Waals surface area contributed by atoms with E-state index in [1.165, 1.54) is 6.07 Å². The number of hydrogen-bond donors (Lipinski definition) is 0. The first-order valence-corrected chi connectivity index (χ1v) is 3.75. The van der Waals surface area contributed by atoms with Crippen LogP contribution in [-0.2, 0) is 19.1 Å². The standard InChI is InChI=1S/C8H6F3NO4/c1-5(2-12)7(14)15-3-6(13)16-4-8(9,10)11/h1,3-4H2. The van der Waals surface area contributed by atoms with Gasteiger partial charge in [-0.15, -0.1) is 0 Å². The number of carbonyl (C=O) groups is 2. The lowest BCUT2D eigenvalue weighted by molar-refractivity contribution is -0.189. The second kappa shape index (κ2) is 5.75. The van der Waals surface area contributed by atoms with Gasteiger partial charge in [0.25, 0.3) is 0 Å². The largest absolute Gasteiger partial charge is 0.454 e. The van der Waals surface area contributed by atoms with Crippen molar-refractivity contribution in [3.05, 3.63) is 12.2 Å². The van der Waals surface area contributed by atoms with Gasteiger partial charge in [0.15, 0.2) is 13.2 Å². The van der Waals surface area contributed by atoms with Gasteiger partial charge < -0.3 is 9.47 Å². The fraction of sp³-hybridized carbons (Fsp3) is 0.375. The summed E-state index contributed by atoms with van der Waals surface area (Å²) in [5, 5.41) is 8.17. The van der Waals surface area contributed by atoms with Crippen LogP contribution in [0.1, 0.15) is 0 Å². The fourth-order valence-corrected chi connectivity index (χ4v) is 0.461. The molecule has 0 heterocycles. The van der Waals surface area contributed by atoms with Gasteiger partial charge in [0.2, 0.25) is 0 Å². The molecule has 0 amide bonds. The highest BCUT2D eigenvalue weighted by Crippen LogP contribution is 2.14. The Morgan fingerprint density at radius 1 is 1.31 bits per heavy atom. The van der Waals surface area contributed by atoms with Gasteiger partial charge in [-0.2, -0.15) is 18.4 Å². The number of nitriles is 1. The average molecular weight is 237 g/mol. The van der Waals surface area contributed by atoms with Crippen molar-refractivity contribution in [2.75, 3.05) is 13.2 Å². The Kier molecular flexibility index (Phi) is 5.01. The van der Waals surface area contributed by atoms with Crippen molar-refractivity contribution in [1.82, 2.24) is 0 Å². The molecule has 0 aromatic carbocycles. The lowest BCUT2D eigenvalue weighted by Crippen LogP contribution is -2.24. The van der Waals surface area contributed by atoms with Gasteiger partial charge in [0.1, 0.15) is 11.6 Å². The molecule has 0 aliphatic heterocycles. The van der Waals surface area contributed by atoms with E-state index in [0.29, 0.717) is 0 Å². The highest BCUT2D eigenvalue weighted by atomic mass is 19.4. The second-order valence-corrected chi connectivity index (χ2v) is 2.44. The molecule has 0 atom stereocenters. The smallest absolute Gasteiger partial charge is 0.422 e. The molecule has 88 valence electrons. The van der Waals surface area contributed by atoms with Crippen molar-refractivity contribution in [3.63, 3.8) is 0 Å². The van der Waals surface area contributed by atoms with E-state index < -0.39 is 36.9 Å². The van der Waals surface area contributed by atoms with Gasteiger partial charge in [0, 0.05) is 0 Å². The van der Waals surface area contributed by atoms with Crippen molar-refractivity contribution in [1.29, 1.82) is 5.26 Å². The third-order valence-corrected chi connectivity index (χ3v) is 1.10. The SMILES string of the molecule is C=C(C#N)C(=O)OCC(=O)OCC(F)(F)F. The van der Waals surface area contributed by atoms with E-state index in [4.69, 9.17) is 5.26 Å². The molecular weight excluding hydrogens is 231 g/mol. The van der Waals surface area contributed by atoms with Crippen LogP contribution in [0.25, 0.3) is 0 Å². The van der Waals surface area contributed by atoms with Gasteiger partial charge in [-0.05, 0) is 0 Å². The van der Waals surface area contributed by atoms with E-state index in [2.05, 4.69) is 16.1 Å². The minimum absolute atomic E-state index is 0.566. The van der Waals surface area contributed by atoms with Crippen molar-refractivity contribution < 1.29 is 32.2 Å². The zero-order valence-electron chi connectivity index (χ0n) is 7.84. The number of esters is 2. The number of halogens is 3. The number of ether oxygens (including phenoxy) is 2. The summed E-state index contributed by atoms with van der Waals surface area (Å²) < 4.78 is 42.5. The summed E-state index contributed by atoms with van der Waals surface area (Å²) in [5.74, 6) is -2.55. The molecule has 0 saturated heterocycles. The van der Waals surface area contributed by atoms with E-state index in [1.807, 2.05) is 0 Å². The van der Waals surface area contributed by atoms with E-state index >= 15 is 0 Å². The third-order valence-electron chi connectivity index (χ3n) is 1.10. The van der Waals surface area contributed by atoms with Crippen molar-refractivity contribution in [2.45, 2.75) is 6.18 Å². The van der Waals surface area contributed by atoms with Crippen LogP contribution in [0.5, 0.6) is 0 Å². The van der Waals surface area contributed by atoms with E-state index in [9.17, 15) is 22.8 Å². The minimum Gasteiger partial charge on any atom is -0.454 e. The predicted octanol–water partition coefficient (Wildman–Crippen LogP) is 0.715. The molecule has 0 fully saturated rings. The average Bonchev–Trinajstić information content (AvgIpc) is 2.20. The summed E-state index contributed by atoms with van der Waals surface area (Å²) in [6.07, 6.45) is -4.64. The Balaban J connectivity index is 3.88. The Labute approximate surface area is 88.0 Å². The molecule has 0 radical (unpaired) electrons. The van der Waals surface area contributed by atoms with E-state index in [1.54, 1.807) is 0 Å². The lowest BCUT2D eigenvalue weighted by Gasteiger charge is -2.07. The van der Waals surface area contributed by atoms with Crippen LogP contribution < -0.4 is 0 Å². The molecule has 0 N–H and O–H groups in total. The Morgan fingerprint density at radius 3 is 2.31 bits per heavy atom. The summed E-state index contributed by atoms with van der Waals surface area (Å²) in [6.45, 7) is 0.203. The van der Waals surface area contributed by atoms with Crippen LogP contribution in [0.4, 0.5) is 13.2 Å². The fourth-order valence-electron chi connectivity index (χ4n) is 0.461. The first kappa shape index (κ1) is 14.0. The van der Waals surface area contributed by atoms with Crippen molar-refractivity contribution in [2.24, 2.45) is 0 Å². The number of rotatable bonds is 4. The van der Waals surface area contributed by atoms with Crippen LogP contribution in [0.3, 0.4) is 0 Å². The van der Waals surface area contributed by atoms with Gasteiger partial charge in [-0.1, -0.05) is 6.58 Å². The zero-order chi connectivity index (χ0) is 12.8. The Morgan fingerprint density at radius 2 is 1.88 bits per heavy atom. The summed E-state index contributed by atoms with van der Waals surface area (Å²) in [6, 6.07) is 1.34. The monoisotopic (exact) mass is 237 g/mol. The van der Waals surface area contributed by atoms with Gasteiger partial charge in [0.05, 0.1) is 0 Å². The predicted molar refractivity (Wildman–Crippen MR) is 42.7 cm³/mol. The van der Waals surface area contributed by atoms with Crippen LogP contribution in [0, 0.1) is 11.3 Å². The minimum atomic E-state index is -4.64. The normalized spacial score (nSPS) is 10.1. The highest BCUT2D eigenvalue weighted by Gasteiger charge is 2.29. The lowest BCUT2D eigenvalue weighted by atomic mass is 10.3.